The number of nitrogen functional groups attached to an aromatic ring is 1. The molecule has 0 bridgehead atoms. The predicted octanol–water partition coefficient (Wildman–Crippen LogP) is 1.10. The highest BCUT2D eigenvalue weighted by molar-refractivity contribution is 5.77. The minimum Gasteiger partial charge on any atom is -0.480 e. The van der Waals surface area contributed by atoms with E-state index in [1.54, 1.807) is 18.0 Å². The van der Waals surface area contributed by atoms with E-state index in [1.807, 2.05) is 19.1 Å². The number of carbonyl (C=O) groups is 1. The summed E-state index contributed by atoms with van der Waals surface area (Å²) in [4.78, 5) is 12.1. The largest absolute Gasteiger partial charge is 0.480 e. The van der Waals surface area contributed by atoms with E-state index in [0.29, 0.717) is 5.69 Å². The van der Waals surface area contributed by atoms with Gasteiger partial charge in [0.25, 0.3) is 0 Å². The summed E-state index contributed by atoms with van der Waals surface area (Å²) in [6.45, 7) is 1.89. The van der Waals surface area contributed by atoms with Crippen molar-refractivity contribution < 1.29 is 9.90 Å². The number of carboxylic acid groups (broad SMARTS) is 1. The van der Waals surface area contributed by atoms with Crippen molar-refractivity contribution in [1.82, 2.24) is 0 Å². The fraction of sp³-hybridized carbons (Fsp3) is 0.300. The molecular weight excluding hydrogens is 180 g/mol. The second-order valence-electron chi connectivity index (χ2n) is 3.31. The van der Waals surface area contributed by atoms with Gasteiger partial charge < -0.3 is 15.7 Å². The average molecular weight is 194 g/mol. The molecular formula is C10H14N2O2. The van der Waals surface area contributed by atoms with E-state index in [2.05, 4.69) is 0 Å². The van der Waals surface area contributed by atoms with Crippen LogP contribution in [-0.2, 0) is 4.79 Å². The van der Waals surface area contributed by atoms with Gasteiger partial charge in [-0.25, -0.2) is 0 Å². The Hall–Kier alpha value is -1.71. The Morgan fingerprint density at radius 2 is 2.21 bits per heavy atom. The maximum absolute atomic E-state index is 10.5. The third-order valence-electron chi connectivity index (χ3n) is 1.97. The number of anilines is 2. The third-order valence-corrected chi connectivity index (χ3v) is 1.97. The molecule has 4 nitrogen and oxygen atoms in total. The van der Waals surface area contributed by atoms with Crippen LogP contribution in [0.5, 0.6) is 0 Å². The molecule has 1 aromatic rings. The number of nitrogens with two attached hydrogens (primary N) is 1. The molecule has 0 saturated carbocycles. The molecule has 3 N–H and O–H groups in total. The zero-order valence-corrected chi connectivity index (χ0v) is 8.32. The SMILES string of the molecule is Cc1ccc(N)c(N(C)CC(=O)O)c1. The minimum absolute atomic E-state index is 0.0480. The Kier molecular flexibility index (Phi) is 2.96. The van der Waals surface area contributed by atoms with Crippen molar-refractivity contribution in [2.75, 3.05) is 24.2 Å². The molecule has 0 aliphatic rings. The molecule has 1 aromatic carbocycles. The van der Waals surface area contributed by atoms with E-state index in [4.69, 9.17) is 10.8 Å². The fourth-order valence-electron chi connectivity index (χ4n) is 1.27. The Morgan fingerprint density at radius 1 is 1.57 bits per heavy atom. The van der Waals surface area contributed by atoms with Gasteiger partial charge in [0.05, 0.1) is 11.4 Å². The minimum atomic E-state index is -0.867. The number of aryl methyl sites for hydroxylation is 1. The lowest BCUT2D eigenvalue weighted by Gasteiger charge is -2.19. The van der Waals surface area contributed by atoms with Crippen molar-refractivity contribution in [3.63, 3.8) is 0 Å². The molecule has 0 unspecified atom stereocenters. The van der Waals surface area contributed by atoms with Gasteiger partial charge >= 0.3 is 5.97 Å². The number of aliphatic carboxylic acids is 1. The van der Waals surface area contributed by atoms with Gasteiger partial charge in [-0.3, -0.25) is 4.79 Å². The molecule has 0 spiro atoms. The molecule has 1 rings (SSSR count). The van der Waals surface area contributed by atoms with Crippen molar-refractivity contribution in [2.24, 2.45) is 0 Å². The predicted molar refractivity (Wildman–Crippen MR) is 56.5 cm³/mol. The second-order valence-corrected chi connectivity index (χ2v) is 3.31. The molecule has 0 amide bonds. The summed E-state index contributed by atoms with van der Waals surface area (Å²) in [7, 11) is 1.71. The maximum Gasteiger partial charge on any atom is 0.323 e. The standard InChI is InChI=1S/C10H14N2O2/c1-7-3-4-8(11)9(5-7)12(2)6-10(13)14/h3-5H,6,11H2,1-2H3,(H,13,14). The van der Waals surface area contributed by atoms with E-state index in [9.17, 15) is 4.79 Å². The molecule has 0 fully saturated rings. The lowest BCUT2D eigenvalue weighted by molar-refractivity contribution is -0.135. The van der Waals surface area contributed by atoms with Crippen LogP contribution < -0.4 is 10.6 Å². The van der Waals surface area contributed by atoms with Crippen LogP contribution >= 0.6 is 0 Å². The van der Waals surface area contributed by atoms with Gasteiger partial charge in [0, 0.05) is 7.05 Å². The number of likely N-dealkylation sites (N-methyl/N-ethyl adjacent to an activating group) is 1. The highest BCUT2D eigenvalue weighted by Crippen LogP contribution is 2.22. The van der Waals surface area contributed by atoms with E-state index in [0.717, 1.165) is 11.3 Å². The summed E-state index contributed by atoms with van der Waals surface area (Å²) in [6, 6.07) is 5.55. The topological polar surface area (TPSA) is 66.6 Å². The normalized spacial score (nSPS) is 9.86. The van der Waals surface area contributed by atoms with Crippen LogP contribution in [0.1, 0.15) is 5.56 Å². The lowest BCUT2D eigenvalue weighted by atomic mass is 10.2. The molecule has 0 aliphatic heterocycles. The monoisotopic (exact) mass is 194 g/mol. The first-order valence-corrected chi connectivity index (χ1v) is 4.30. The highest BCUT2D eigenvalue weighted by atomic mass is 16.4. The number of hydrogen-bond acceptors (Lipinski definition) is 3. The maximum atomic E-state index is 10.5. The van der Waals surface area contributed by atoms with Crippen LogP contribution in [0, 0.1) is 6.92 Å². The van der Waals surface area contributed by atoms with Gasteiger partial charge in [-0.2, -0.15) is 0 Å². The third kappa shape index (κ3) is 2.39. The first-order chi connectivity index (χ1) is 6.50. The van der Waals surface area contributed by atoms with Crippen LogP contribution in [0.25, 0.3) is 0 Å². The average Bonchev–Trinajstić information content (AvgIpc) is 2.08. The van der Waals surface area contributed by atoms with Gasteiger partial charge in [0.15, 0.2) is 0 Å². The van der Waals surface area contributed by atoms with Crippen molar-refractivity contribution in [2.45, 2.75) is 6.92 Å². The smallest absolute Gasteiger partial charge is 0.323 e. The first kappa shape index (κ1) is 10.4. The van der Waals surface area contributed by atoms with E-state index in [-0.39, 0.29) is 6.54 Å². The van der Waals surface area contributed by atoms with Crippen molar-refractivity contribution in [3.05, 3.63) is 23.8 Å². The summed E-state index contributed by atoms with van der Waals surface area (Å²) in [5, 5.41) is 8.62. The fourth-order valence-corrected chi connectivity index (χ4v) is 1.27. The van der Waals surface area contributed by atoms with E-state index < -0.39 is 5.97 Å². The number of carboxylic acids is 1. The van der Waals surface area contributed by atoms with Crippen LogP contribution in [-0.4, -0.2) is 24.7 Å². The molecule has 0 atom stereocenters. The molecule has 0 radical (unpaired) electrons. The molecule has 0 saturated heterocycles. The van der Waals surface area contributed by atoms with Crippen LogP contribution in [0.2, 0.25) is 0 Å². The first-order valence-electron chi connectivity index (χ1n) is 4.30. The van der Waals surface area contributed by atoms with Crippen LogP contribution in [0.15, 0.2) is 18.2 Å². The molecule has 14 heavy (non-hydrogen) atoms. The van der Waals surface area contributed by atoms with Crippen molar-refractivity contribution in [1.29, 1.82) is 0 Å². The summed E-state index contributed by atoms with van der Waals surface area (Å²) in [5.74, 6) is -0.867. The lowest BCUT2D eigenvalue weighted by Crippen LogP contribution is -2.25. The zero-order valence-electron chi connectivity index (χ0n) is 8.32. The Labute approximate surface area is 82.9 Å². The van der Waals surface area contributed by atoms with Gasteiger partial charge in [0.2, 0.25) is 0 Å². The number of rotatable bonds is 3. The van der Waals surface area contributed by atoms with Crippen LogP contribution in [0.3, 0.4) is 0 Å². The summed E-state index contributed by atoms with van der Waals surface area (Å²) >= 11 is 0. The van der Waals surface area contributed by atoms with Gasteiger partial charge in [-0.1, -0.05) is 6.07 Å². The Balaban J connectivity index is 2.93. The number of hydrogen-bond donors (Lipinski definition) is 2. The van der Waals surface area contributed by atoms with Gasteiger partial charge in [-0.05, 0) is 24.6 Å². The zero-order chi connectivity index (χ0) is 10.7. The van der Waals surface area contributed by atoms with Crippen LogP contribution in [0.4, 0.5) is 11.4 Å². The van der Waals surface area contributed by atoms with Gasteiger partial charge in [-0.15, -0.1) is 0 Å². The van der Waals surface area contributed by atoms with Gasteiger partial charge in [0.1, 0.15) is 6.54 Å². The van der Waals surface area contributed by atoms with E-state index >= 15 is 0 Å². The second kappa shape index (κ2) is 4.00. The summed E-state index contributed by atoms with van der Waals surface area (Å²) in [6.07, 6.45) is 0. The summed E-state index contributed by atoms with van der Waals surface area (Å²) in [5.41, 5.74) is 8.15. The Morgan fingerprint density at radius 3 is 2.79 bits per heavy atom. The van der Waals surface area contributed by atoms with E-state index in [1.165, 1.54) is 0 Å². The molecule has 0 aliphatic carbocycles. The molecule has 76 valence electrons. The molecule has 0 heterocycles. The molecule has 4 heteroatoms. The quantitative estimate of drug-likeness (QED) is 0.707. The highest BCUT2D eigenvalue weighted by Gasteiger charge is 2.08. The van der Waals surface area contributed by atoms with Crippen molar-refractivity contribution >= 4 is 17.3 Å². The number of benzene rings is 1. The Bertz CT molecular complexity index is 350. The number of nitrogens with zero attached hydrogens (tertiary/aromatic N) is 1. The van der Waals surface area contributed by atoms with Crippen molar-refractivity contribution in [3.8, 4) is 0 Å². The molecule has 0 aromatic heterocycles. The summed E-state index contributed by atoms with van der Waals surface area (Å²) < 4.78 is 0.